The Morgan fingerprint density at radius 2 is 0.421 bits per heavy atom. The maximum atomic E-state index is 2.55. The van der Waals surface area contributed by atoms with Gasteiger partial charge in [-0.1, -0.05) is 245 Å². The van der Waals surface area contributed by atoms with Crippen molar-refractivity contribution in [1.29, 1.82) is 0 Å². The molecule has 0 radical (unpaired) electrons. The highest BCUT2D eigenvalue weighted by molar-refractivity contribution is 5.84. The molecule has 4 nitrogen and oxygen atoms in total. The lowest BCUT2D eigenvalue weighted by Gasteiger charge is -2.33. The first kappa shape index (κ1) is 63.6. The molecule has 1 aliphatic carbocycles. The van der Waals surface area contributed by atoms with E-state index in [2.05, 4.69) is 349 Å². The molecule has 0 aliphatic heterocycles. The van der Waals surface area contributed by atoms with E-state index in [1.807, 2.05) is 0 Å². The monoisotopic (exact) mass is 1240 g/mol. The molecule has 4 heteroatoms. The number of aryl methyl sites for hydroxylation is 4. The molecule has 0 amide bonds. The van der Waals surface area contributed by atoms with Crippen LogP contribution in [0.3, 0.4) is 0 Å². The maximum absolute atomic E-state index is 2.55. The average molecular weight is 1240 g/mol. The van der Waals surface area contributed by atoms with Crippen LogP contribution in [0, 0.1) is 13.8 Å². The van der Waals surface area contributed by atoms with E-state index >= 15 is 0 Å². The number of anilines is 12. The lowest BCUT2D eigenvalue weighted by molar-refractivity contribution is 0.397. The van der Waals surface area contributed by atoms with Crippen LogP contribution in [0.15, 0.2) is 315 Å². The SMILES string of the molecule is Cc1ccc2c(c1)C(CCCCCCCCc1ccc(N(c3ccccc3)c3ccc(N(c4ccccc4)c4ccccc4)cc3)cc1)(CCCCCCCCc1ccc(N(c3ccccc3)c3ccc(N(c4ccccc4)c4ccccc4)cc3)cc1)c1cc(C)ccc1-2. The van der Waals surface area contributed by atoms with Gasteiger partial charge in [0, 0.05) is 73.7 Å². The summed E-state index contributed by atoms with van der Waals surface area (Å²) in [5, 5.41) is 0. The van der Waals surface area contributed by atoms with Crippen LogP contribution in [-0.2, 0) is 18.3 Å². The third-order valence-corrected chi connectivity index (χ3v) is 19.5. The van der Waals surface area contributed by atoms with Crippen molar-refractivity contribution >= 4 is 68.2 Å². The predicted octanol–water partition coefficient (Wildman–Crippen LogP) is 26.4. The number of hydrogen-bond acceptors (Lipinski definition) is 4. The first-order valence-corrected chi connectivity index (χ1v) is 35.1. The molecule has 0 fully saturated rings. The fourth-order valence-corrected chi connectivity index (χ4v) is 14.7. The zero-order valence-electron chi connectivity index (χ0n) is 55.6. The summed E-state index contributed by atoms with van der Waals surface area (Å²) in [5.41, 5.74) is 25.4. The number of rotatable bonds is 30. The first-order valence-electron chi connectivity index (χ1n) is 35.1. The standard InChI is InChI=1S/C91H90N4/c1-71-47-65-87-88-66-48-72(2)70-90(88)91(89(87)69-71,67-31-9-5-3-7-17-33-73-49-53-81(54-50-73)94(79-43-27-15-28-44-79)85-61-57-83(58-62-85)92(75-35-19-11-20-36-75)76-37-21-12-22-38-76)68-32-10-6-4-8-18-34-74-51-55-82(56-52-74)95(80-45-29-16-30-46-80)86-63-59-84(60-64-86)93(77-39-23-13-24-40-77)78-41-25-14-26-42-78/h11-16,19-30,35-66,69-70H,3-10,17-18,31-34,67-68H2,1-2H3. The molecule has 0 saturated heterocycles. The minimum absolute atomic E-state index is 0.0813. The molecule has 0 N–H and O–H groups in total. The average Bonchev–Trinajstić information content (AvgIpc) is 1.57. The second-order valence-electron chi connectivity index (χ2n) is 26.1. The molecule has 0 unspecified atom stereocenters. The van der Waals surface area contributed by atoms with Gasteiger partial charge in [0.15, 0.2) is 0 Å². The van der Waals surface area contributed by atoms with E-state index in [1.165, 1.54) is 135 Å². The topological polar surface area (TPSA) is 13.0 Å². The predicted molar refractivity (Wildman–Crippen MR) is 406 cm³/mol. The van der Waals surface area contributed by atoms with Crippen LogP contribution >= 0.6 is 0 Å². The molecule has 0 aromatic heterocycles. The number of para-hydroxylation sites is 6. The summed E-state index contributed by atoms with van der Waals surface area (Å²) < 4.78 is 0. The molecule has 95 heavy (non-hydrogen) atoms. The van der Waals surface area contributed by atoms with Gasteiger partial charge in [-0.05, 0) is 231 Å². The summed E-state index contributed by atoms with van der Waals surface area (Å²) in [6.07, 6.45) is 19.9. The van der Waals surface area contributed by atoms with Crippen LogP contribution in [0.2, 0.25) is 0 Å². The van der Waals surface area contributed by atoms with Crippen molar-refractivity contribution in [3.63, 3.8) is 0 Å². The molecule has 0 heterocycles. The lowest BCUT2D eigenvalue weighted by atomic mass is 9.70. The Morgan fingerprint density at radius 1 is 0.211 bits per heavy atom. The molecular weight excluding hydrogens is 1150 g/mol. The molecular formula is C91H90N4. The molecule has 12 aromatic rings. The van der Waals surface area contributed by atoms with Gasteiger partial charge in [-0.15, -0.1) is 0 Å². The van der Waals surface area contributed by atoms with Crippen molar-refractivity contribution in [2.45, 2.75) is 122 Å². The third kappa shape index (κ3) is 15.3. The maximum Gasteiger partial charge on any atom is 0.0463 e. The number of benzene rings is 12. The highest BCUT2D eigenvalue weighted by Gasteiger charge is 2.42. The Morgan fingerprint density at radius 3 is 0.674 bits per heavy atom. The Bertz CT molecular complexity index is 3930. The van der Waals surface area contributed by atoms with Crippen LogP contribution < -0.4 is 19.6 Å². The zero-order valence-corrected chi connectivity index (χ0v) is 55.6. The van der Waals surface area contributed by atoms with Crippen molar-refractivity contribution in [2.24, 2.45) is 0 Å². The van der Waals surface area contributed by atoms with Gasteiger partial charge in [-0.25, -0.2) is 0 Å². The minimum atomic E-state index is 0.0813. The van der Waals surface area contributed by atoms with E-state index < -0.39 is 0 Å². The quantitative estimate of drug-likeness (QED) is 0.0416. The summed E-state index contributed by atoms with van der Waals surface area (Å²) in [5.74, 6) is 0. The molecule has 0 spiro atoms. The largest absolute Gasteiger partial charge is 0.311 e. The van der Waals surface area contributed by atoms with Gasteiger partial charge in [-0.3, -0.25) is 0 Å². The van der Waals surface area contributed by atoms with E-state index in [0.29, 0.717) is 0 Å². The fraction of sp³-hybridized carbons (Fsp3) is 0.209. The van der Waals surface area contributed by atoms with Crippen molar-refractivity contribution in [3.8, 4) is 11.1 Å². The molecule has 0 atom stereocenters. The summed E-state index contributed by atoms with van der Waals surface area (Å²) in [6, 6.07) is 115. The van der Waals surface area contributed by atoms with E-state index in [4.69, 9.17) is 0 Å². The van der Waals surface area contributed by atoms with Crippen molar-refractivity contribution in [3.05, 3.63) is 349 Å². The lowest BCUT2D eigenvalue weighted by Crippen LogP contribution is -2.25. The first-order chi connectivity index (χ1) is 47.0. The number of hydrogen-bond donors (Lipinski definition) is 0. The minimum Gasteiger partial charge on any atom is -0.311 e. The Labute approximate surface area is 566 Å². The van der Waals surface area contributed by atoms with Crippen LogP contribution in [0.5, 0.6) is 0 Å². The van der Waals surface area contributed by atoms with Gasteiger partial charge in [0.05, 0.1) is 0 Å². The molecule has 0 saturated carbocycles. The third-order valence-electron chi connectivity index (χ3n) is 19.5. The highest BCUT2D eigenvalue weighted by Crippen LogP contribution is 2.55. The number of fused-ring (bicyclic) bond motifs is 3. The van der Waals surface area contributed by atoms with Crippen LogP contribution in [0.4, 0.5) is 68.2 Å². The van der Waals surface area contributed by atoms with Gasteiger partial charge < -0.3 is 19.6 Å². The Kier molecular flexibility index (Phi) is 20.9. The summed E-state index contributed by atoms with van der Waals surface area (Å²) in [4.78, 5) is 9.38. The van der Waals surface area contributed by atoms with Gasteiger partial charge in [0.1, 0.15) is 0 Å². The van der Waals surface area contributed by atoms with E-state index in [9.17, 15) is 0 Å². The van der Waals surface area contributed by atoms with E-state index in [-0.39, 0.29) is 5.41 Å². The molecule has 13 rings (SSSR count). The second kappa shape index (κ2) is 31.2. The van der Waals surface area contributed by atoms with Crippen LogP contribution in [-0.4, -0.2) is 0 Å². The number of unbranched alkanes of at least 4 members (excludes halogenated alkanes) is 10. The zero-order chi connectivity index (χ0) is 64.4. The molecule has 0 bridgehead atoms. The summed E-state index contributed by atoms with van der Waals surface area (Å²) in [6.45, 7) is 4.58. The fourth-order valence-electron chi connectivity index (χ4n) is 14.7. The van der Waals surface area contributed by atoms with E-state index in [0.717, 1.165) is 69.7 Å². The number of nitrogens with zero attached hydrogens (tertiary/aromatic N) is 4. The van der Waals surface area contributed by atoms with Crippen LogP contribution in [0.25, 0.3) is 11.1 Å². The van der Waals surface area contributed by atoms with Crippen LogP contribution in [0.1, 0.15) is 123 Å². The summed E-state index contributed by atoms with van der Waals surface area (Å²) in [7, 11) is 0. The molecule has 474 valence electrons. The molecule has 1 aliphatic rings. The highest BCUT2D eigenvalue weighted by atomic mass is 15.2. The van der Waals surface area contributed by atoms with Gasteiger partial charge in [0.2, 0.25) is 0 Å². The second-order valence-corrected chi connectivity index (χ2v) is 26.1. The normalized spacial score (nSPS) is 12.0. The van der Waals surface area contributed by atoms with Gasteiger partial charge in [0.25, 0.3) is 0 Å². The molecule has 12 aromatic carbocycles. The Balaban J connectivity index is 0.585. The van der Waals surface area contributed by atoms with Gasteiger partial charge in [-0.2, -0.15) is 0 Å². The smallest absolute Gasteiger partial charge is 0.0463 e. The van der Waals surface area contributed by atoms with Crippen molar-refractivity contribution in [2.75, 3.05) is 19.6 Å². The van der Waals surface area contributed by atoms with Crippen molar-refractivity contribution < 1.29 is 0 Å². The van der Waals surface area contributed by atoms with Gasteiger partial charge >= 0.3 is 0 Å². The summed E-state index contributed by atoms with van der Waals surface area (Å²) >= 11 is 0. The van der Waals surface area contributed by atoms with Crippen molar-refractivity contribution in [1.82, 2.24) is 0 Å². The Hall–Kier alpha value is -10.2. The van der Waals surface area contributed by atoms with E-state index in [1.54, 1.807) is 11.1 Å².